The van der Waals surface area contributed by atoms with Crippen molar-refractivity contribution in [1.82, 2.24) is 14.9 Å². The number of likely N-dealkylation sites (tertiary alicyclic amines) is 1. The molecule has 1 aromatic heterocycles. The molecule has 0 unspecified atom stereocenters. The highest BCUT2D eigenvalue weighted by Gasteiger charge is 2.41. The van der Waals surface area contributed by atoms with Crippen LogP contribution >= 0.6 is 0 Å². The molecule has 1 saturated heterocycles. The zero-order chi connectivity index (χ0) is 31.1. The summed E-state index contributed by atoms with van der Waals surface area (Å²) in [4.78, 5) is 24.8. The number of fused-ring (bicyclic) bond motifs is 1. The Kier molecular flexibility index (Phi) is 8.30. The summed E-state index contributed by atoms with van der Waals surface area (Å²) < 4.78 is 48.0. The van der Waals surface area contributed by atoms with E-state index in [1.807, 2.05) is 24.3 Å². The third-order valence-electron chi connectivity index (χ3n) is 8.64. The van der Waals surface area contributed by atoms with E-state index in [0.29, 0.717) is 29.1 Å². The van der Waals surface area contributed by atoms with E-state index in [4.69, 9.17) is 4.74 Å². The number of amides is 1. The number of carbonyl (C=O) groups is 1. The summed E-state index contributed by atoms with van der Waals surface area (Å²) in [6.45, 7) is 10.2. The summed E-state index contributed by atoms with van der Waals surface area (Å²) >= 11 is 0. The van der Waals surface area contributed by atoms with Gasteiger partial charge in [0.2, 0.25) is 11.9 Å². The van der Waals surface area contributed by atoms with Crippen LogP contribution < -0.4 is 20.3 Å². The normalized spacial score (nSPS) is 17.1. The largest absolute Gasteiger partial charge is 0.495 e. The lowest BCUT2D eigenvalue weighted by molar-refractivity contribution is -0.137. The summed E-state index contributed by atoms with van der Waals surface area (Å²) in [5.41, 5.74) is 2.15. The zero-order valence-corrected chi connectivity index (χ0v) is 25.5. The summed E-state index contributed by atoms with van der Waals surface area (Å²) in [5.74, 6) is 0.576. The number of aromatic nitrogens is 2. The summed E-state index contributed by atoms with van der Waals surface area (Å²) in [5, 5.41) is 5.94. The van der Waals surface area contributed by atoms with Crippen molar-refractivity contribution in [3.05, 3.63) is 64.8 Å². The van der Waals surface area contributed by atoms with Crippen LogP contribution in [0.1, 0.15) is 68.7 Å². The van der Waals surface area contributed by atoms with Gasteiger partial charge in [-0.1, -0.05) is 18.2 Å². The van der Waals surface area contributed by atoms with Gasteiger partial charge in [-0.05, 0) is 94.4 Å². The maximum Gasteiger partial charge on any atom is 0.421 e. The Labute approximate surface area is 250 Å². The fourth-order valence-corrected chi connectivity index (χ4v) is 6.16. The molecule has 0 aliphatic carbocycles. The Bertz CT molecular complexity index is 1500. The molecule has 0 spiro atoms. The van der Waals surface area contributed by atoms with Crippen LogP contribution in [0, 0.1) is 0 Å². The van der Waals surface area contributed by atoms with Gasteiger partial charge in [-0.25, -0.2) is 4.98 Å². The fraction of sp³-hybridized carbons (Fsp3) is 0.469. The summed E-state index contributed by atoms with van der Waals surface area (Å²) in [6.07, 6.45) is -1.76. The molecule has 1 amide bonds. The van der Waals surface area contributed by atoms with Gasteiger partial charge in [-0.15, -0.1) is 0 Å². The number of methoxy groups -OCH3 is 1. The molecule has 230 valence electrons. The number of alkyl halides is 3. The molecular weight excluding hydrogens is 557 g/mol. The van der Waals surface area contributed by atoms with Crippen LogP contribution in [-0.2, 0) is 22.9 Å². The second-order valence-corrected chi connectivity index (χ2v) is 12.2. The molecule has 3 aromatic rings. The molecule has 1 fully saturated rings. The van der Waals surface area contributed by atoms with Crippen LogP contribution in [0.15, 0.2) is 42.6 Å². The Balaban J connectivity index is 1.41. The number of halogens is 3. The molecule has 5 rings (SSSR count). The predicted molar refractivity (Wildman–Crippen MR) is 162 cm³/mol. The molecule has 2 aromatic carbocycles. The van der Waals surface area contributed by atoms with Crippen molar-refractivity contribution >= 4 is 29.0 Å². The quantitative estimate of drug-likeness (QED) is 0.299. The smallest absolute Gasteiger partial charge is 0.421 e. The topological polar surface area (TPSA) is 82.6 Å². The van der Waals surface area contributed by atoms with Gasteiger partial charge in [0.15, 0.2) is 0 Å². The van der Waals surface area contributed by atoms with E-state index in [1.54, 1.807) is 40.1 Å². The SMILES string of the molecule is COc1cc(C2CCN(C(C)C)CC2)ccc1Nc1ncc(C(F)(F)F)c(N(C)Cc2cccc3c2C(C)(C)C(=O)N3)n1. The van der Waals surface area contributed by atoms with Crippen molar-refractivity contribution in [3.63, 3.8) is 0 Å². The Hall–Kier alpha value is -3.86. The Morgan fingerprint density at radius 1 is 1.19 bits per heavy atom. The predicted octanol–water partition coefficient (Wildman–Crippen LogP) is 6.70. The summed E-state index contributed by atoms with van der Waals surface area (Å²) in [6, 6.07) is 11.8. The highest BCUT2D eigenvalue weighted by molar-refractivity contribution is 6.06. The standard InChI is InChI=1S/C32H39F3N6O2/c1-19(2)41-14-12-20(13-15-41)21-10-11-24(26(16-21)43-6)38-30-36-17-23(32(33,34)35)28(39-30)40(5)18-22-8-7-9-25-27(22)31(3,4)29(42)37-25/h7-11,16-17,19-20H,12-15,18H2,1-6H3,(H,37,42)(H,36,38,39). The number of nitrogens with zero attached hydrogens (tertiary/aromatic N) is 4. The monoisotopic (exact) mass is 596 g/mol. The van der Waals surface area contributed by atoms with Gasteiger partial charge in [0.05, 0.1) is 18.2 Å². The van der Waals surface area contributed by atoms with Crippen LogP contribution in [0.3, 0.4) is 0 Å². The van der Waals surface area contributed by atoms with Crippen molar-refractivity contribution < 1.29 is 22.7 Å². The number of nitrogens with one attached hydrogen (secondary N) is 2. The second kappa shape index (κ2) is 11.7. The number of rotatable bonds is 8. The van der Waals surface area contributed by atoms with Crippen LogP contribution in [0.25, 0.3) is 0 Å². The van der Waals surface area contributed by atoms with Crippen molar-refractivity contribution in [1.29, 1.82) is 0 Å². The van der Waals surface area contributed by atoms with E-state index in [9.17, 15) is 18.0 Å². The lowest BCUT2D eigenvalue weighted by Gasteiger charge is -2.35. The van der Waals surface area contributed by atoms with E-state index < -0.39 is 17.2 Å². The van der Waals surface area contributed by atoms with Gasteiger partial charge in [-0.2, -0.15) is 18.2 Å². The summed E-state index contributed by atoms with van der Waals surface area (Å²) in [7, 11) is 3.12. The van der Waals surface area contributed by atoms with Gasteiger partial charge in [0.25, 0.3) is 0 Å². The number of hydrogen-bond acceptors (Lipinski definition) is 7. The van der Waals surface area contributed by atoms with Crippen molar-refractivity contribution in [2.75, 3.05) is 42.8 Å². The minimum atomic E-state index is -4.66. The molecule has 0 radical (unpaired) electrons. The number of carbonyl (C=O) groups excluding carboxylic acids is 1. The number of ether oxygens (including phenoxy) is 1. The third kappa shape index (κ3) is 6.13. The molecule has 3 heterocycles. The number of anilines is 4. The van der Waals surface area contributed by atoms with E-state index in [1.165, 1.54) is 10.5 Å². The highest BCUT2D eigenvalue weighted by atomic mass is 19.4. The molecule has 0 atom stereocenters. The molecule has 0 bridgehead atoms. The lowest BCUT2D eigenvalue weighted by Crippen LogP contribution is -2.37. The van der Waals surface area contributed by atoms with Gasteiger partial charge in [0, 0.05) is 31.5 Å². The highest BCUT2D eigenvalue weighted by Crippen LogP contribution is 2.42. The molecule has 11 heteroatoms. The number of benzene rings is 2. The maximum absolute atomic E-state index is 14.1. The van der Waals surface area contributed by atoms with Gasteiger partial charge in [0.1, 0.15) is 17.1 Å². The first-order valence-corrected chi connectivity index (χ1v) is 14.6. The third-order valence-corrected chi connectivity index (χ3v) is 8.64. The van der Waals surface area contributed by atoms with E-state index in [-0.39, 0.29) is 24.2 Å². The van der Waals surface area contributed by atoms with Crippen LogP contribution in [0.2, 0.25) is 0 Å². The maximum atomic E-state index is 14.1. The first kappa shape index (κ1) is 30.6. The minimum Gasteiger partial charge on any atom is -0.495 e. The van der Waals surface area contributed by atoms with E-state index >= 15 is 0 Å². The molecule has 0 saturated carbocycles. The average molecular weight is 597 g/mol. The first-order chi connectivity index (χ1) is 20.3. The molecule has 2 N–H and O–H groups in total. The number of piperidine rings is 1. The van der Waals surface area contributed by atoms with Gasteiger partial charge in [-0.3, -0.25) is 4.79 Å². The van der Waals surface area contributed by atoms with E-state index in [2.05, 4.69) is 39.3 Å². The molecule has 2 aliphatic rings. The van der Waals surface area contributed by atoms with Crippen molar-refractivity contribution in [3.8, 4) is 5.75 Å². The van der Waals surface area contributed by atoms with E-state index in [0.717, 1.165) is 43.3 Å². The average Bonchev–Trinajstić information content (AvgIpc) is 3.20. The second-order valence-electron chi connectivity index (χ2n) is 12.2. The molecule has 43 heavy (non-hydrogen) atoms. The fourth-order valence-electron chi connectivity index (χ4n) is 6.16. The van der Waals surface area contributed by atoms with Crippen LogP contribution in [0.4, 0.5) is 36.3 Å². The minimum absolute atomic E-state index is 0.0154. The lowest BCUT2D eigenvalue weighted by atomic mass is 9.83. The van der Waals surface area contributed by atoms with Crippen LogP contribution in [-0.4, -0.2) is 54.1 Å². The Morgan fingerprint density at radius 3 is 2.56 bits per heavy atom. The Morgan fingerprint density at radius 2 is 1.91 bits per heavy atom. The van der Waals surface area contributed by atoms with Crippen molar-refractivity contribution in [2.24, 2.45) is 0 Å². The zero-order valence-electron chi connectivity index (χ0n) is 25.5. The number of hydrogen-bond donors (Lipinski definition) is 2. The van der Waals surface area contributed by atoms with Gasteiger partial charge < -0.3 is 25.2 Å². The van der Waals surface area contributed by atoms with Crippen molar-refractivity contribution in [2.45, 2.75) is 70.6 Å². The molecule has 8 nitrogen and oxygen atoms in total. The van der Waals surface area contributed by atoms with Gasteiger partial charge >= 0.3 is 6.18 Å². The van der Waals surface area contributed by atoms with Crippen LogP contribution in [0.5, 0.6) is 5.75 Å². The first-order valence-electron chi connectivity index (χ1n) is 14.6. The molecular formula is C32H39F3N6O2. The molecule has 2 aliphatic heterocycles.